The number of thioether (sulfide) groups is 1. The van der Waals surface area contributed by atoms with Gasteiger partial charge >= 0.3 is 0 Å². The second kappa shape index (κ2) is 14.8. The number of rotatable bonds is 13. The van der Waals surface area contributed by atoms with Crippen LogP contribution in [0.3, 0.4) is 0 Å². The van der Waals surface area contributed by atoms with Gasteiger partial charge in [-0.3, -0.25) is 4.79 Å². The van der Waals surface area contributed by atoms with Crippen molar-refractivity contribution in [3.05, 3.63) is 46.6 Å². The predicted octanol–water partition coefficient (Wildman–Crippen LogP) is 6.43. The summed E-state index contributed by atoms with van der Waals surface area (Å²) in [4.78, 5) is 26.7. The van der Waals surface area contributed by atoms with Gasteiger partial charge in [0.1, 0.15) is 11.0 Å². The SMILES string of the molecule is CCN(CC)CCCC(C)NC(=O)c1cccc(CSc2nc(Cl)cc(N(C)C3CCCCC3)n2)c1. The van der Waals surface area contributed by atoms with Gasteiger partial charge in [-0.25, -0.2) is 9.97 Å². The maximum Gasteiger partial charge on any atom is 0.251 e. The number of halogens is 1. The summed E-state index contributed by atoms with van der Waals surface area (Å²) in [5.74, 6) is 1.54. The Labute approximate surface area is 226 Å². The summed E-state index contributed by atoms with van der Waals surface area (Å²) < 4.78 is 0. The van der Waals surface area contributed by atoms with Gasteiger partial charge in [0.15, 0.2) is 5.16 Å². The van der Waals surface area contributed by atoms with Crippen LogP contribution in [0.4, 0.5) is 5.82 Å². The number of nitrogens with one attached hydrogen (secondary N) is 1. The number of hydrogen-bond acceptors (Lipinski definition) is 6. The first kappa shape index (κ1) is 28.7. The Balaban J connectivity index is 1.54. The molecule has 1 aromatic carbocycles. The van der Waals surface area contributed by atoms with E-state index in [0.29, 0.717) is 27.7 Å². The van der Waals surface area contributed by atoms with Gasteiger partial charge in [-0.1, -0.05) is 68.6 Å². The van der Waals surface area contributed by atoms with Gasteiger partial charge in [0, 0.05) is 36.5 Å². The molecule has 1 saturated carbocycles. The minimum absolute atomic E-state index is 0.0208. The fraction of sp³-hybridized carbons (Fsp3) is 0.607. The highest BCUT2D eigenvalue weighted by molar-refractivity contribution is 7.98. The van der Waals surface area contributed by atoms with E-state index in [2.05, 4.69) is 47.9 Å². The summed E-state index contributed by atoms with van der Waals surface area (Å²) in [6, 6.07) is 10.3. The van der Waals surface area contributed by atoms with Crippen LogP contribution >= 0.6 is 23.4 Å². The largest absolute Gasteiger partial charge is 0.357 e. The number of aromatic nitrogens is 2. The minimum Gasteiger partial charge on any atom is -0.357 e. The van der Waals surface area contributed by atoms with E-state index >= 15 is 0 Å². The molecule has 0 spiro atoms. The number of hydrogen-bond donors (Lipinski definition) is 1. The van der Waals surface area contributed by atoms with E-state index in [-0.39, 0.29) is 11.9 Å². The summed E-state index contributed by atoms with van der Waals surface area (Å²) in [6.07, 6.45) is 8.32. The smallest absolute Gasteiger partial charge is 0.251 e. The molecule has 36 heavy (non-hydrogen) atoms. The lowest BCUT2D eigenvalue weighted by atomic mass is 9.94. The topological polar surface area (TPSA) is 61.4 Å². The van der Waals surface area contributed by atoms with Gasteiger partial charge in [0.05, 0.1) is 0 Å². The standard InChI is InChI=1S/C28H42ClN5OS/c1-5-34(6-2)17-11-12-21(3)30-27(35)23-14-10-13-22(18-23)20-36-28-31-25(29)19-26(32-28)33(4)24-15-8-7-9-16-24/h10,13-14,18-19,21,24H,5-9,11-12,15-17,20H2,1-4H3,(H,30,35). The van der Waals surface area contributed by atoms with Gasteiger partial charge < -0.3 is 15.1 Å². The molecule has 1 atom stereocenters. The van der Waals surface area contributed by atoms with Crippen LogP contribution in [0.15, 0.2) is 35.5 Å². The fourth-order valence-corrected chi connectivity index (χ4v) is 5.80. The maximum atomic E-state index is 12.8. The quantitative estimate of drug-likeness (QED) is 0.182. The third-order valence-corrected chi connectivity index (χ3v) is 8.20. The van der Waals surface area contributed by atoms with E-state index in [1.54, 1.807) is 11.8 Å². The van der Waals surface area contributed by atoms with E-state index in [9.17, 15) is 4.79 Å². The molecule has 0 bridgehead atoms. The lowest BCUT2D eigenvalue weighted by Crippen LogP contribution is -2.34. The van der Waals surface area contributed by atoms with Crippen molar-refractivity contribution in [1.82, 2.24) is 20.2 Å². The highest BCUT2D eigenvalue weighted by Crippen LogP contribution is 2.29. The summed E-state index contributed by atoms with van der Waals surface area (Å²) in [5, 5.41) is 4.28. The van der Waals surface area contributed by atoms with Crippen molar-refractivity contribution >= 4 is 35.1 Å². The molecule has 1 aliphatic rings. The zero-order valence-corrected chi connectivity index (χ0v) is 23.9. The molecule has 0 aliphatic heterocycles. The zero-order valence-electron chi connectivity index (χ0n) is 22.3. The van der Waals surface area contributed by atoms with Crippen LogP contribution in [0.2, 0.25) is 5.15 Å². The first-order chi connectivity index (χ1) is 17.4. The molecule has 1 heterocycles. The lowest BCUT2D eigenvalue weighted by molar-refractivity contribution is 0.0937. The fourth-order valence-electron chi connectivity index (χ4n) is 4.78. The minimum atomic E-state index is -0.0208. The Morgan fingerprint density at radius 3 is 2.64 bits per heavy atom. The van der Waals surface area contributed by atoms with Crippen molar-refractivity contribution in [1.29, 1.82) is 0 Å². The average molecular weight is 532 g/mol. The Morgan fingerprint density at radius 1 is 1.17 bits per heavy atom. The van der Waals surface area contributed by atoms with Gasteiger partial charge in [0.25, 0.3) is 5.91 Å². The molecule has 1 amide bonds. The third kappa shape index (κ3) is 8.93. The van der Waals surface area contributed by atoms with Crippen molar-refractivity contribution in [3.8, 4) is 0 Å². The molecule has 1 aliphatic carbocycles. The van der Waals surface area contributed by atoms with Crippen LogP contribution in [0.1, 0.15) is 81.6 Å². The number of nitrogens with zero attached hydrogens (tertiary/aromatic N) is 4. The predicted molar refractivity (Wildman–Crippen MR) is 152 cm³/mol. The maximum absolute atomic E-state index is 12.8. The van der Waals surface area contributed by atoms with Crippen molar-refractivity contribution in [2.75, 3.05) is 31.6 Å². The molecule has 8 heteroatoms. The number of carbonyl (C=O) groups is 1. The van der Waals surface area contributed by atoms with Crippen molar-refractivity contribution in [2.24, 2.45) is 0 Å². The summed E-state index contributed by atoms with van der Waals surface area (Å²) in [6.45, 7) is 9.67. The number of carbonyl (C=O) groups excluding carboxylic acids is 1. The second-order valence-electron chi connectivity index (χ2n) is 9.77. The average Bonchev–Trinajstić information content (AvgIpc) is 2.90. The Bertz CT molecular complexity index is 965. The number of benzene rings is 1. The second-order valence-corrected chi connectivity index (χ2v) is 11.1. The Morgan fingerprint density at radius 2 is 1.92 bits per heavy atom. The van der Waals surface area contributed by atoms with Crippen molar-refractivity contribution < 1.29 is 4.79 Å². The number of amides is 1. The Kier molecular flexibility index (Phi) is 11.8. The summed E-state index contributed by atoms with van der Waals surface area (Å²) in [5.41, 5.74) is 1.75. The first-order valence-corrected chi connectivity index (χ1v) is 14.8. The van der Waals surface area contributed by atoms with Crippen molar-refractivity contribution in [3.63, 3.8) is 0 Å². The van der Waals surface area contributed by atoms with E-state index < -0.39 is 0 Å². The monoisotopic (exact) mass is 531 g/mol. The van der Waals surface area contributed by atoms with Crippen molar-refractivity contribution in [2.45, 2.75) is 88.7 Å². The van der Waals surface area contributed by atoms with E-state index in [0.717, 1.165) is 43.9 Å². The van der Waals surface area contributed by atoms with E-state index in [1.807, 2.05) is 30.3 Å². The third-order valence-electron chi connectivity index (χ3n) is 7.09. The Hall–Kier alpha value is -1.83. The van der Waals surface area contributed by atoms with E-state index in [1.165, 1.54) is 32.1 Å². The molecular formula is C28H42ClN5OS. The normalized spacial score (nSPS) is 15.2. The molecule has 2 aromatic rings. The van der Waals surface area contributed by atoms with Crippen LogP contribution in [-0.4, -0.2) is 59.5 Å². The lowest BCUT2D eigenvalue weighted by Gasteiger charge is -2.32. The van der Waals surface area contributed by atoms with Crippen LogP contribution in [-0.2, 0) is 5.75 Å². The van der Waals surface area contributed by atoms with Crippen LogP contribution in [0.25, 0.3) is 0 Å². The van der Waals surface area contributed by atoms with Gasteiger partial charge in [-0.2, -0.15) is 0 Å². The van der Waals surface area contributed by atoms with Gasteiger partial charge in [0.2, 0.25) is 0 Å². The van der Waals surface area contributed by atoms with Crippen LogP contribution in [0.5, 0.6) is 0 Å². The molecule has 3 rings (SSSR count). The molecule has 1 aromatic heterocycles. The molecule has 0 radical (unpaired) electrons. The molecule has 6 nitrogen and oxygen atoms in total. The molecule has 1 unspecified atom stereocenters. The van der Waals surface area contributed by atoms with Crippen LogP contribution < -0.4 is 10.2 Å². The first-order valence-electron chi connectivity index (χ1n) is 13.4. The number of anilines is 1. The highest BCUT2D eigenvalue weighted by atomic mass is 35.5. The van der Waals surface area contributed by atoms with Crippen LogP contribution in [0, 0.1) is 0 Å². The molecule has 1 fully saturated rings. The van der Waals surface area contributed by atoms with Gasteiger partial charge in [-0.05, 0) is 69.9 Å². The molecular weight excluding hydrogens is 490 g/mol. The molecule has 0 saturated heterocycles. The summed E-state index contributed by atoms with van der Waals surface area (Å²) >= 11 is 7.90. The van der Waals surface area contributed by atoms with E-state index in [4.69, 9.17) is 16.6 Å². The molecule has 1 N–H and O–H groups in total. The zero-order chi connectivity index (χ0) is 25.9. The summed E-state index contributed by atoms with van der Waals surface area (Å²) in [7, 11) is 2.11. The highest BCUT2D eigenvalue weighted by Gasteiger charge is 2.20. The molecule has 198 valence electrons. The van der Waals surface area contributed by atoms with Gasteiger partial charge in [-0.15, -0.1) is 0 Å².